The number of nitriles is 1. The minimum atomic E-state index is -2.81. The predicted octanol–water partition coefficient (Wildman–Crippen LogP) is 2.28. The van der Waals surface area contributed by atoms with Crippen LogP contribution >= 0.6 is 15.9 Å². The van der Waals surface area contributed by atoms with Crippen molar-refractivity contribution >= 4 is 15.9 Å². The Morgan fingerprint density at radius 3 is 2.67 bits per heavy atom. The molecule has 1 aromatic heterocycles. The predicted molar refractivity (Wildman–Crippen MR) is 52.5 cm³/mol. The highest BCUT2D eigenvalue weighted by Crippen LogP contribution is 2.26. The lowest BCUT2D eigenvalue weighted by Crippen LogP contribution is -2.04. The molecule has 0 saturated carbocycles. The maximum atomic E-state index is 12.6. The van der Waals surface area contributed by atoms with Crippen LogP contribution in [-0.4, -0.2) is 10.1 Å². The van der Waals surface area contributed by atoms with E-state index >= 15 is 0 Å². The lowest BCUT2D eigenvalue weighted by Gasteiger charge is -2.09. The number of nitrogens with zero attached hydrogens (tertiary/aromatic N) is 2. The first-order valence-electron chi connectivity index (χ1n) is 4.01. The van der Waals surface area contributed by atoms with E-state index in [-0.39, 0.29) is 11.3 Å². The smallest absolute Gasteiger partial charge is 0.266 e. The van der Waals surface area contributed by atoms with E-state index in [1.165, 1.54) is 6.07 Å². The Bertz CT molecular complexity index is 404. The molecule has 15 heavy (non-hydrogen) atoms. The molecule has 1 heterocycles. The van der Waals surface area contributed by atoms with Crippen molar-refractivity contribution in [1.82, 2.24) is 4.98 Å². The van der Waals surface area contributed by atoms with Gasteiger partial charge in [0.15, 0.2) is 0 Å². The van der Waals surface area contributed by atoms with Crippen molar-refractivity contribution < 1.29 is 13.9 Å². The zero-order valence-corrected chi connectivity index (χ0v) is 9.13. The third kappa shape index (κ3) is 2.49. The van der Waals surface area contributed by atoms with E-state index in [0.29, 0.717) is 11.0 Å². The SMILES string of the molecule is N#Cc1cc(CBr)nc(CO)c1C(F)F. The molecule has 0 atom stereocenters. The van der Waals surface area contributed by atoms with Gasteiger partial charge in [-0.15, -0.1) is 0 Å². The highest BCUT2D eigenvalue weighted by atomic mass is 79.9. The fourth-order valence-electron chi connectivity index (χ4n) is 1.19. The highest BCUT2D eigenvalue weighted by molar-refractivity contribution is 9.08. The minimum absolute atomic E-state index is 0.140. The van der Waals surface area contributed by atoms with Crippen molar-refractivity contribution in [3.8, 4) is 6.07 Å². The quantitative estimate of drug-likeness (QED) is 0.862. The summed E-state index contributed by atoms with van der Waals surface area (Å²) < 4.78 is 25.2. The molecule has 0 saturated heterocycles. The van der Waals surface area contributed by atoms with Crippen molar-refractivity contribution in [2.75, 3.05) is 0 Å². The third-order valence-electron chi connectivity index (χ3n) is 1.82. The average molecular weight is 277 g/mol. The van der Waals surface area contributed by atoms with Gasteiger partial charge in [0.05, 0.1) is 35.2 Å². The maximum Gasteiger partial charge on any atom is 0.266 e. The standard InChI is InChI=1S/C9H7BrF2N2O/c10-2-6-1-5(3-13)8(9(11)12)7(4-15)14-6/h1,9,15H,2,4H2. The Morgan fingerprint density at radius 2 is 2.27 bits per heavy atom. The fourth-order valence-corrected chi connectivity index (χ4v) is 1.48. The summed E-state index contributed by atoms with van der Waals surface area (Å²) in [5.74, 6) is 0. The number of aliphatic hydroxyl groups is 1. The van der Waals surface area contributed by atoms with Gasteiger partial charge in [0.2, 0.25) is 0 Å². The van der Waals surface area contributed by atoms with E-state index in [1.54, 1.807) is 6.07 Å². The fraction of sp³-hybridized carbons (Fsp3) is 0.333. The maximum absolute atomic E-state index is 12.6. The summed E-state index contributed by atoms with van der Waals surface area (Å²) in [7, 11) is 0. The van der Waals surface area contributed by atoms with Gasteiger partial charge < -0.3 is 5.11 Å². The largest absolute Gasteiger partial charge is 0.390 e. The Morgan fingerprint density at radius 1 is 1.60 bits per heavy atom. The molecule has 0 fully saturated rings. The monoisotopic (exact) mass is 276 g/mol. The van der Waals surface area contributed by atoms with Crippen molar-refractivity contribution in [2.24, 2.45) is 0 Å². The van der Waals surface area contributed by atoms with Crippen molar-refractivity contribution in [3.05, 3.63) is 28.6 Å². The third-order valence-corrected chi connectivity index (χ3v) is 2.39. The summed E-state index contributed by atoms with van der Waals surface area (Å²) in [6, 6.07) is 2.96. The molecular weight excluding hydrogens is 270 g/mol. The molecule has 3 nitrogen and oxygen atoms in total. The minimum Gasteiger partial charge on any atom is -0.390 e. The van der Waals surface area contributed by atoms with Crippen LogP contribution in [0.5, 0.6) is 0 Å². The van der Waals surface area contributed by atoms with Gasteiger partial charge in [-0.1, -0.05) is 15.9 Å². The lowest BCUT2D eigenvalue weighted by atomic mass is 10.1. The first-order chi connectivity index (χ1) is 7.13. The van der Waals surface area contributed by atoms with E-state index in [0.717, 1.165) is 0 Å². The number of halogens is 3. The number of pyridine rings is 1. The van der Waals surface area contributed by atoms with E-state index in [4.69, 9.17) is 10.4 Å². The van der Waals surface area contributed by atoms with Crippen LogP contribution in [0.15, 0.2) is 6.07 Å². The zero-order valence-electron chi connectivity index (χ0n) is 7.54. The molecule has 0 aliphatic rings. The van der Waals surface area contributed by atoms with Gasteiger partial charge in [0.1, 0.15) is 0 Å². The molecule has 80 valence electrons. The molecule has 0 unspecified atom stereocenters. The second-order valence-electron chi connectivity index (χ2n) is 2.73. The van der Waals surface area contributed by atoms with Crippen molar-refractivity contribution in [2.45, 2.75) is 18.4 Å². The number of hydrogen-bond acceptors (Lipinski definition) is 3. The molecule has 1 aromatic rings. The summed E-state index contributed by atoms with van der Waals surface area (Å²) in [4.78, 5) is 3.81. The molecule has 1 N–H and O–H groups in total. The Kier molecular flexibility index (Phi) is 4.12. The highest BCUT2D eigenvalue weighted by Gasteiger charge is 2.19. The lowest BCUT2D eigenvalue weighted by molar-refractivity contribution is 0.145. The zero-order chi connectivity index (χ0) is 11.4. The molecule has 0 aliphatic heterocycles. The van der Waals surface area contributed by atoms with Gasteiger partial charge in [0.25, 0.3) is 6.43 Å². The molecule has 0 bridgehead atoms. The van der Waals surface area contributed by atoms with Gasteiger partial charge in [0, 0.05) is 5.33 Å². The van der Waals surface area contributed by atoms with Crippen molar-refractivity contribution in [3.63, 3.8) is 0 Å². The number of aromatic nitrogens is 1. The number of rotatable bonds is 3. The first kappa shape index (κ1) is 12.0. The van der Waals surface area contributed by atoms with E-state index in [2.05, 4.69) is 20.9 Å². The molecule has 0 aliphatic carbocycles. The second kappa shape index (κ2) is 5.14. The van der Waals surface area contributed by atoms with Gasteiger partial charge in [-0.25, -0.2) is 8.78 Å². The Hall–Kier alpha value is -1.06. The van der Waals surface area contributed by atoms with Crippen LogP contribution in [0.1, 0.15) is 28.9 Å². The summed E-state index contributed by atoms with van der Waals surface area (Å²) in [6.45, 7) is -0.602. The number of aliphatic hydroxyl groups excluding tert-OH is 1. The van der Waals surface area contributed by atoms with Crippen LogP contribution in [-0.2, 0) is 11.9 Å². The number of alkyl halides is 3. The molecule has 1 rings (SSSR count). The van der Waals surface area contributed by atoms with E-state index < -0.39 is 18.6 Å². The van der Waals surface area contributed by atoms with Crippen LogP contribution in [0, 0.1) is 11.3 Å². The van der Waals surface area contributed by atoms with Gasteiger partial charge in [-0.3, -0.25) is 4.98 Å². The van der Waals surface area contributed by atoms with Crippen LogP contribution in [0.25, 0.3) is 0 Å². The van der Waals surface area contributed by atoms with Crippen LogP contribution in [0.2, 0.25) is 0 Å². The Labute approximate surface area is 93.5 Å². The van der Waals surface area contributed by atoms with E-state index in [1.807, 2.05) is 0 Å². The summed E-state index contributed by atoms with van der Waals surface area (Å²) >= 11 is 3.10. The van der Waals surface area contributed by atoms with Gasteiger partial charge in [-0.2, -0.15) is 5.26 Å². The summed E-state index contributed by atoms with van der Waals surface area (Å²) in [5.41, 5.74) is -0.318. The summed E-state index contributed by atoms with van der Waals surface area (Å²) in [5, 5.41) is 17.9. The molecule has 0 spiro atoms. The molecule has 0 amide bonds. The molecular formula is C9H7BrF2N2O. The summed E-state index contributed by atoms with van der Waals surface area (Å²) in [6.07, 6.45) is -2.81. The van der Waals surface area contributed by atoms with Crippen LogP contribution < -0.4 is 0 Å². The average Bonchev–Trinajstić information content (AvgIpc) is 2.26. The molecule has 0 aromatic carbocycles. The Balaban J connectivity index is 3.41. The van der Waals surface area contributed by atoms with Crippen molar-refractivity contribution in [1.29, 1.82) is 5.26 Å². The molecule has 0 radical (unpaired) electrons. The van der Waals surface area contributed by atoms with Gasteiger partial charge >= 0.3 is 0 Å². The number of hydrogen-bond donors (Lipinski definition) is 1. The first-order valence-corrected chi connectivity index (χ1v) is 5.14. The van der Waals surface area contributed by atoms with E-state index in [9.17, 15) is 8.78 Å². The van der Waals surface area contributed by atoms with Gasteiger partial charge in [-0.05, 0) is 6.07 Å². The van der Waals surface area contributed by atoms with Crippen LogP contribution in [0.3, 0.4) is 0 Å². The topological polar surface area (TPSA) is 56.9 Å². The normalized spacial score (nSPS) is 10.4. The molecule has 6 heteroatoms. The second-order valence-corrected chi connectivity index (χ2v) is 3.29. The van der Waals surface area contributed by atoms with Crippen LogP contribution in [0.4, 0.5) is 8.78 Å².